The third-order valence-corrected chi connectivity index (χ3v) is 4.19. The molecular formula is C16H25N3. The Morgan fingerprint density at radius 2 is 1.84 bits per heavy atom. The van der Waals surface area contributed by atoms with E-state index >= 15 is 0 Å². The highest BCUT2D eigenvalue weighted by Gasteiger charge is 2.29. The summed E-state index contributed by atoms with van der Waals surface area (Å²) in [5.41, 5.74) is 2.79. The predicted octanol–water partition coefficient (Wildman–Crippen LogP) is 2.79. The predicted molar refractivity (Wildman–Crippen MR) is 82.0 cm³/mol. The highest BCUT2D eigenvalue weighted by molar-refractivity contribution is 5.73. The van der Waals surface area contributed by atoms with Crippen molar-refractivity contribution >= 4 is 11.4 Å². The van der Waals surface area contributed by atoms with Crippen LogP contribution in [0.15, 0.2) is 24.3 Å². The van der Waals surface area contributed by atoms with Crippen LogP contribution in [0.1, 0.15) is 26.7 Å². The second-order valence-electron chi connectivity index (χ2n) is 6.50. The van der Waals surface area contributed by atoms with Crippen molar-refractivity contribution < 1.29 is 0 Å². The van der Waals surface area contributed by atoms with E-state index in [-0.39, 0.29) is 5.54 Å². The van der Waals surface area contributed by atoms with E-state index in [4.69, 9.17) is 0 Å². The van der Waals surface area contributed by atoms with E-state index in [1.807, 2.05) is 0 Å². The lowest BCUT2D eigenvalue weighted by Gasteiger charge is -2.42. The molecule has 0 atom stereocenters. The molecule has 0 radical (unpaired) electrons. The van der Waals surface area contributed by atoms with Crippen molar-refractivity contribution in [3.63, 3.8) is 0 Å². The molecule has 1 aromatic rings. The van der Waals surface area contributed by atoms with Crippen molar-refractivity contribution in [1.29, 1.82) is 0 Å². The van der Waals surface area contributed by atoms with Crippen LogP contribution in [-0.4, -0.2) is 43.2 Å². The van der Waals surface area contributed by atoms with Crippen LogP contribution in [0.2, 0.25) is 0 Å². The Bertz CT molecular complexity index is 435. The van der Waals surface area contributed by atoms with Crippen LogP contribution >= 0.6 is 0 Å². The molecule has 3 heteroatoms. The fourth-order valence-corrected chi connectivity index (χ4v) is 3.29. The lowest BCUT2D eigenvalue weighted by atomic mass is 9.99. The van der Waals surface area contributed by atoms with E-state index in [0.717, 1.165) is 13.1 Å². The van der Waals surface area contributed by atoms with Crippen molar-refractivity contribution in [1.82, 2.24) is 4.90 Å². The summed E-state index contributed by atoms with van der Waals surface area (Å²) < 4.78 is 0. The van der Waals surface area contributed by atoms with Gasteiger partial charge >= 0.3 is 0 Å². The summed E-state index contributed by atoms with van der Waals surface area (Å²) in [6.45, 7) is 10.6. The van der Waals surface area contributed by atoms with Crippen LogP contribution in [-0.2, 0) is 0 Å². The van der Waals surface area contributed by atoms with E-state index < -0.39 is 0 Å². The van der Waals surface area contributed by atoms with Gasteiger partial charge in [0.15, 0.2) is 0 Å². The molecule has 1 fully saturated rings. The Balaban J connectivity index is 1.72. The number of benzene rings is 1. The zero-order valence-electron chi connectivity index (χ0n) is 12.2. The summed E-state index contributed by atoms with van der Waals surface area (Å²) in [4.78, 5) is 5.14. The minimum Gasteiger partial charge on any atom is -0.377 e. The van der Waals surface area contributed by atoms with E-state index in [1.165, 1.54) is 43.9 Å². The molecule has 0 unspecified atom stereocenters. The molecule has 1 aromatic carbocycles. The maximum atomic E-state index is 3.64. The Labute approximate surface area is 116 Å². The van der Waals surface area contributed by atoms with Crippen LogP contribution in [0, 0.1) is 0 Å². The largest absolute Gasteiger partial charge is 0.377 e. The zero-order valence-corrected chi connectivity index (χ0v) is 12.2. The average molecular weight is 259 g/mol. The van der Waals surface area contributed by atoms with Gasteiger partial charge in [-0.15, -0.1) is 0 Å². The van der Waals surface area contributed by atoms with Gasteiger partial charge in [-0.2, -0.15) is 0 Å². The van der Waals surface area contributed by atoms with Gasteiger partial charge in [0.25, 0.3) is 0 Å². The molecule has 104 valence electrons. The first kappa shape index (κ1) is 12.8. The van der Waals surface area contributed by atoms with Crippen molar-refractivity contribution in [3.8, 4) is 0 Å². The topological polar surface area (TPSA) is 18.5 Å². The molecule has 0 amide bonds. The highest BCUT2D eigenvalue weighted by atomic mass is 15.3. The molecule has 1 N–H and O–H groups in total. The lowest BCUT2D eigenvalue weighted by Crippen LogP contribution is -2.50. The maximum Gasteiger partial charge on any atom is 0.0603 e. The number of anilines is 2. The summed E-state index contributed by atoms with van der Waals surface area (Å²) in [7, 11) is 0. The quantitative estimate of drug-likeness (QED) is 0.900. The standard InChI is InChI=1S/C16H25N3/c1-16(2)13-19(12-11-18-9-5-6-10-18)15-8-4-3-7-14(15)17-16/h3-4,7-8,17H,5-6,9-13H2,1-2H3. The lowest BCUT2D eigenvalue weighted by molar-refractivity contribution is 0.341. The first-order valence-corrected chi connectivity index (χ1v) is 7.49. The molecule has 2 aliphatic rings. The number of fused-ring (bicyclic) bond motifs is 1. The number of nitrogens with zero attached hydrogens (tertiary/aromatic N) is 2. The smallest absolute Gasteiger partial charge is 0.0603 e. The fourth-order valence-electron chi connectivity index (χ4n) is 3.29. The van der Waals surface area contributed by atoms with Gasteiger partial charge in [-0.05, 0) is 51.9 Å². The van der Waals surface area contributed by atoms with Gasteiger partial charge in [0, 0.05) is 25.2 Å². The molecule has 0 saturated carbocycles. The number of likely N-dealkylation sites (tertiary alicyclic amines) is 1. The summed E-state index contributed by atoms with van der Waals surface area (Å²) in [6.07, 6.45) is 2.76. The Morgan fingerprint density at radius 1 is 1.11 bits per heavy atom. The molecule has 2 aliphatic heterocycles. The Kier molecular flexibility index (Phi) is 3.40. The van der Waals surface area contributed by atoms with Crippen molar-refractivity contribution in [2.45, 2.75) is 32.2 Å². The van der Waals surface area contributed by atoms with Gasteiger partial charge in [-0.3, -0.25) is 0 Å². The molecule has 1 saturated heterocycles. The van der Waals surface area contributed by atoms with Gasteiger partial charge in [0.05, 0.1) is 11.4 Å². The molecule has 3 rings (SSSR count). The van der Waals surface area contributed by atoms with E-state index in [1.54, 1.807) is 0 Å². The van der Waals surface area contributed by atoms with Crippen molar-refractivity contribution in [2.75, 3.05) is 42.9 Å². The van der Waals surface area contributed by atoms with E-state index in [2.05, 4.69) is 53.2 Å². The summed E-state index contributed by atoms with van der Waals surface area (Å²) in [5.74, 6) is 0. The van der Waals surface area contributed by atoms with Crippen LogP contribution in [0.25, 0.3) is 0 Å². The second kappa shape index (κ2) is 5.04. The van der Waals surface area contributed by atoms with Crippen LogP contribution in [0.5, 0.6) is 0 Å². The third-order valence-electron chi connectivity index (χ3n) is 4.19. The monoisotopic (exact) mass is 259 g/mol. The van der Waals surface area contributed by atoms with Crippen LogP contribution < -0.4 is 10.2 Å². The van der Waals surface area contributed by atoms with Gasteiger partial charge in [-0.1, -0.05) is 12.1 Å². The SMILES string of the molecule is CC1(C)CN(CCN2CCCC2)c2ccccc2N1. The van der Waals surface area contributed by atoms with Crippen LogP contribution in [0.3, 0.4) is 0 Å². The van der Waals surface area contributed by atoms with E-state index in [9.17, 15) is 0 Å². The minimum atomic E-state index is 0.152. The maximum absolute atomic E-state index is 3.64. The summed E-state index contributed by atoms with van der Waals surface area (Å²) in [6, 6.07) is 8.69. The molecule has 19 heavy (non-hydrogen) atoms. The molecule has 0 aromatic heterocycles. The zero-order chi connectivity index (χ0) is 13.3. The van der Waals surface area contributed by atoms with Gasteiger partial charge in [0.1, 0.15) is 0 Å². The molecule has 0 spiro atoms. The highest BCUT2D eigenvalue weighted by Crippen LogP contribution is 2.33. The number of nitrogens with one attached hydrogen (secondary N) is 1. The van der Waals surface area contributed by atoms with Gasteiger partial charge in [-0.25, -0.2) is 0 Å². The van der Waals surface area contributed by atoms with Crippen LogP contribution in [0.4, 0.5) is 11.4 Å². The normalized spacial score (nSPS) is 22.1. The van der Waals surface area contributed by atoms with Gasteiger partial charge in [0.2, 0.25) is 0 Å². The Hall–Kier alpha value is -1.22. The van der Waals surface area contributed by atoms with Gasteiger partial charge < -0.3 is 15.1 Å². The summed E-state index contributed by atoms with van der Waals surface area (Å²) in [5, 5.41) is 3.64. The first-order chi connectivity index (χ1) is 9.14. The van der Waals surface area contributed by atoms with E-state index in [0.29, 0.717) is 0 Å². The average Bonchev–Trinajstić information content (AvgIpc) is 2.87. The number of para-hydroxylation sites is 2. The molecule has 3 nitrogen and oxygen atoms in total. The number of hydrogen-bond acceptors (Lipinski definition) is 3. The number of rotatable bonds is 3. The molecule has 0 bridgehead atoms. The van der Waals surface area contributed by atoms with Crippen molar-refractivity contribution in [3.05, 3.63) is 24.3 Å². The third kappa shape index (κ3) is 2.86. The van der Waals surface area contributed by atoms with Crippen molar-refractivity contribution in [2.24, 2.45) is 0 Å². The Morgan fingerprint density at radius 3 is 2.63 bits per heavy atom. The summed E-state index contributed by atoms with van der Waals surface area (Å²) >= 11 is 0. The molecule has 2 heterocycles. The minimum absolute atomic E-state index is 0.152. The first-order valence-electron chi connectivity index (χ1n) is 7.49. The second-order valence-corrected chi connectivity index (χ2v) is 6.50. The molecule has 0 aliphatic carbocycles. The fraction of sp³-hybridized carbons (Fsp3) is 0.625. The number of hydrogen-bond donors (Lipinski definition) is 1. The molecular weight excluding hydrogens is 234 g/mol.